The molecule has 0 fully saturated rings. The van der Waals surface area contributed by atoms with Crippen molar-refractivity contribution in [2.24, 2.45) is 0 Å². The van der Waals surface area contributed by atoms with Gasteiger partial charge in [-0.1, -0.05) is 0 Å². The van der Waals surface area contributed by atoms with Gasteiger partial charge in [0.1, 0.15) is 0 Å². The van der Waals surface area contributed by atoms with Crippen LogP contribution in [0.4, 0.5) is 0 Å². The first-order valence-corrected chi connectivity index (χ1v) is 4.26. The van der Waals surface area contributed by atoms with E-state index in [0.717, 1.165) is 0 Å². The van der Waals surface area contributed by atoms with Gasteiger partial charge in [-0.2, -0.15) is 0 Å². The average Bonchev–Trinajstić information content (AvgIpc) is 1.77. The number of rotatable bonds is 0. The Bertz CT molecular complexity index is 160. The normalized spacial score (nSPS) is 9.12. The maximum absolute atomic E-state index is 2.18. The van der Waals surface area contributed by atoms with Gasteiger partial charge in [-0.15, -0.1) is 0 Å². The maximum atomic E-state index is 2.18. The molecule has 0 atom stereocenters. The zero-order valence-corrected chi connectivity index (χ0v) is 8.18. The number of benzene rings is 1. The molecule has 1 heteroatoms. The third kappa shape index (κ3) is 1.28. The van der Waals surface area contributed by atoms with E-state index in [1.807, 2.05) is 0 Å². The number of hydrogen-bond donors (Lipinski definition) is 0. The molecular formula is C7H7In. The first kappa shape index (κ1) is 6.21. The van der Waals surface area contributed by atoms with Gasteiger partial charge in [0.2, 0.25) is 0 Å². The van der Waals surface area contributed by atoms with Gasteiger partial charge < -0.3 is 0 Å². The van der Waals surface area contributed by atoms with Crippen LogP contribution >= 0.6 is 0 Å². The molecule has 8 heavy (non-hydrogen) atoms. The Hall–Kier alpha value is 0.0901. The van der Waals surface area contributed by atoms with Crippen LogP contribution in [0.2, 0.25) is 0 Å². The predicted octanol–water partition coefficient (Wildman–Crippen LogP) is 0.789. The molecule has 1 aromatic carbocycles. The van der Waals surface area contributed by atoms with Crippen molar-refractivity contribution >= 4 is 27.7 Å². The fourth-order valence-electron chi connectivity index (χ4n) is 0.587. The van der Waals surface area contributed by atoms with E-state index in [4.69, 9.17) is 0 Å². The summed E-state index contributed by atoms with van der Waals surface area (Å²) in [7, 11) is 0. The predicted molar refractivity (Wildman–Crippen MR) is 36.6 cm³/mol. The van der Waals surface area contributed by atoms with E-state index in [9.17, 15) is 0 Å². The number of aryl methyl sites for hydroxylation is 1. The van der Waals surface area contributed by atoms with Crippen LogP contribution in [-0.4, -0.2) is 24.4 Å². The molecule has 0 bridgehead atoms. The van der Waals surface area contributed by atoms with Gasteiger partial charge in [0.25, 0.3) is 0 Å². The van der Waals surface area contributed by atoms with Crippen molar-refractivity contribution in [3.05, 3.63) is 29.8 Å². The van der Waals surface area contributed by atoms with Gasteiger partial charge in [-0.25, -0.2) is 0 Å². The molecule has 0 aliphatic carbocycles. The van der Waals surface area contributed by atoms with E-state index in [2.05, 4.69) is 31.2 Å². The Balaban J connectivity index is 3.13. The fraction of sp³-hybridized carbons (Fsp3) is 0.143. The molecule has 0 amide bonds. The molecule has 2 radical (unpaired) electrons. The van der Waals surface area contributed by atoms with Crippen LogP contribution in [0.5, 0.6) is 0 Å². The summed E-state index contributed by atoms with van der Waals surface area (Å²) in [5.74, 6) is 0. The summed E-state index contributed by atoms with van der Waals surface area (Å²) in [6, 6.07) is 8.50. The summed E-state index contributed by atoms with van der Waals surface area (Å²) < 4.78 is 1.50. The standard InChI is InChI=1S/C7H7.In/c1-7-5-3-2-4-6-7;/h2-5H,1H3;. The molecule has 0 N–H and O–H groups in total. The molecule has 0 heterocycles. The summed E-state index contributed by atoms with van der Waals surface area (Å²) in [4.78, 5) is 0. The molecule has 38 valence electrons. The van der Waals surface area contributed by atoms with Gasteiger partial charge >= 0.3 is 64.4 Å². The second kappa shape index (κ2) is 2.58. The van der Waals surface area contributed by atoms with E-state index >= 15 is 0 Å². The monoisotopic (exact) mass is 206 g/mol. The molecule has 0 aliphatic rings. The SMILES string of the molecule is Cc1cccc[c]1[In]. The van der Waals surface area contributed by atoms with Gasteiger partial charge in [0.05, 0.1) is 0 Å². The minimum atomic E-state index is 1.24. The van der Waals surface area contributed by atoms with Gasteiger partial charge in [-0.3, -0.25) is 0 Å². The van der Waals surface area contributed by atoms with Crippen LogP contribution in [0.15, 0.2) is 24.3 Å². The number of hydrogen-bond acceptors (Lipinski definition) is 0. The van der Waals surface area contributed by atoms with Crippen LogP contribution in [-0.2, 0) is 0 Å². The molecule has 0 nitrogen and oxygen atoms in total. The third-order valence-corrected chi connectivity index (χ3v) is 3.04. The molecule has 0 unspecified atom stereocenters. The fourth-order valence-corrected chi connectivity index (χ4v) is 1.18. The van der Waals surface area contributed by atoms with Crippen LogP contribution in [0.25, 0.3) is 0 Å². The van der Waals surface area contributed by atoms with E-state index < -0.39 is 0 Å². The summed E-state index contributed by atoms with van der Waals surface area (Å²) in [6.07, 6.45) is 0. The first-order valence-electron chi connectivity index (χ1n) is 2.62. The molecular weight excluding hydrogens is 199 g/mol. The van der Waals surface area contributed by atoms with Crippen molar-refractivity contribution in [2.75, 3.05) is 0 Å². The molecule has 0 aliphatic heterocycles. The second-order valence-corrected chi connectivity index (χ2v) is 3.63. The Kier molecular flexibility index (Phi) is 2.01. The first-order chi connectivity index (χ1) is 3.80. The Labute approximate surface area is 64.5 Å². The van der Waals surface area contributed by atoms with E-state index in [1.165, 1.54) is 33.3 Å². The molecule has 0 aromatic heterocycles. The van der Waals surface area contributed by atoms with Gasteiger partial charge in [-0.05, 0) is 0 Å². The summed E-state index contributed by atoms with van der Waals surface area (Å²) >= 11 is 1.24. The average molecular weight is 206 g/mol. The van der Waals surface area contributed by atoms with E-state index in [-0.39, 0.29) is 0 Å². The topological polar surface area (TPSA) is 0 Å². The molecule has 0 saturated carbocycles. The summed E-state index contributed by atoms with van der Waals surface area (Å²) in [5, 5.41) is 0. The molecule has 1 aromatic rings. The minimum absolute atomic E-state index is 1.24. The quantitative estimate of drug-likeness (QED) is 0.588. The molecule has 1 rings (SSSR count). The zero-order chi connectivity index (χ0) is 5.98. The van der Waals surface area contributed by atoms with Crippen LogP contribution in [0.1, 0.15) is 5.56 Å². The van der Waals surface area contributed by atoms with Crippen LogP contribution in [0.3, 0.4) is 0 Å². The summed E-state index contributed by atoms with van der Waals surface area (Å²) in [5.41, 5.74) is 1.43. The van der Waals surface area contributed by atoms with Crippen molar-refractivity contribution in [3.63, 3.8) is 0 Å². The zero-order valence-electron chi connectivity index (χ0n) is 4.89. The van der Waals surface area contributed by atoms with Crippen molar-refractivity contribution in [2.45, 2.75) is 6.92 Å². The summed E-state index contributed by atoms with van der Waals surface area (Å²) in [6.45, 7) is 2.15. The van der Waals surface area contributed by atoms with Crippen molar-refractivity contribution in [1.82, 2.24) is 0 Å². The van der Waals surface area contributed by atoms with Gasteiger partial charge in [0, 0.05) is 0 Å². The molecule has 0 spiro atoms. The molecule has 0 saturated heterocycles. The van der Waals surface area contributed by atoms with Crippen molar-refractivity contribution < 1.29 is 0 Å². The Morgan fingerprint density at radius 2 is 1.88 bits per heavy atom. The third-order valence-electron chi connectivity index (χ3n) is 1.19. The Morgan fingerprint density at radius 1 is 1.25 bits per heavy atom. The van der Waals surface area contributed by atoms with Crippen LogP contribution in [0, 0.1) is 6.92 Å². The Morgan fingerprint density at radius 3 is 2.25 bits per heavy atom. The second-order valence-electron chi connectivity index (χ2n) is 1.86. The van der Waals surface area contributed by atoms with E-state index in [1.54, 1.807) is 0 Å². The van der Waals surface area contributed by atoms with Crippen molar-refractivity contribution in [1.29, 1.82) is 0 Å². The van der Waals surface area contributed by atoms with Crippen LogP contribution < -0.4 is 3.32 Å². The van der Waals surface area contributed by atoms with Crippen molar-refractivity contribution in [3.8, 4) is 0 Å². The van der Waals surface area contributed by atoms with Gasteiger partial charge in [0.15, 0.2) is 0 Å². The van der Waals surface area contributed by atoms with E-state index in [0.29, 0.717) is 0 Å².